The number of aliphatic hydroxyl groups is 1. The highest BCUT2D eigenvalue weighted by Gasteiger charge is 2.24. The summed E-state index contributed by atoms with van der Waals surface area (Å²) in [6, 6.07) is 9.68. The number of pyridine rings is 1. The van der Waals surface area contributed by atoms with Gasteiger partial charge < -0.3 is 24.6 Å². The molecule has 1 aliphatic heterocycles. The van der Waals surface area contributed by atoms with E-state index in [9.17, 15) is 5.11 Å². The van der Waals surface area contributed by atoms with Gasteiger partial charge in [0.05, 0.1) is 54.0 Å². The van der Waals surface area contributed by atoms with E-state index in [0.29, 0.717) is 25.5 Å². The van der Waals surface area contributed by atoms with Gasteiger partial charge in [0.2, 0.25) is 0 Å². The van der Waals surface area contributed by atoms with Gasteiger partial charge >= 0.3 is 0 Å². The highest BCUT2D eigenvalue weighted by molar-refractivity contribution is 7.22. The molecule has 1 aliphatic carbocycles. The van der Waals surface area contributed by atoms with Crippen molar-refractivity contribution in [1.29, 1.82) is 0 Å². The molecule has 0 spiro atoms. The number of ether oxygens (including phenoxy) is 3. The van der Waals surface area contributed by atoms with Gasteiger partial charge in [-0.05, 0) is 31.0 Å². The first-order valence-electron chi connectivity index (χ1n) is 11.9. The third-order valence-electron chi connectivity index (χ3n) is 6.32. The quantitative estimate of drug-likeness (QED) is 0.356. The number of anilines is 1. The minimum absolute atomic E-state index is 0. The Balaban J connectivity index is 0.00000267. The Kier molecular flexibility index (Phi) is 7.47. The van der Waals surface area contributed by atoms with Crippen molar-refractivity contribution in [3.05, 3.63) is 48.9 Å². The van der Waals surface area contributed by atoms with Gasteiger partial charge in [0.15, 0.2) is 11.4 Å². The molecule has 3 aromatic heterocycles. The van der Waals surface area contributed by atoms with E-state index in [1.165, 1.54) is 0 Å². The largest absolute Gasteiger partial charge is 0.457 e. The van der Waals surface area contributed by atoms with Gasteiger partial charge in [0.25, 0.3) is 0 Å². The minimum atomic E-state index is -0.313. The molecule has 2 aliphatic rings. The molecule has 4 heterocycles. The molecule has 4 aromatic rings. The molecule has 190 valence electrons. The maximum atomic E-state index is 10.3. The van der Waals surface area contributed by atoms with Crippen LogP contribution in [0.3, 0.4) is 0 Å². The lowest BCUT2D eigenvalue weighted by molar-refractivity contribution is -0.0545. The van der Waals surface area contributed by atoms with Crippen LogP contribution in [0.2, 0.25) is 0 Å². The zero-order valence-corrected chi connectivity index (χ0v) is 20.0. The van der Waals surface area contributed by atoms with Crippen molar-refractivity contribution in [2.75, 3.05) is 18.5 Å². The van der Waals surface area contributed by atoms with Crippen molar-refractivity contribution < 1.29 is 19.3 Å². The Morgan fingerprint density at radius 1 is 1.11 bits per heavy atom. The number of aromatic nitrogens is 4. The molecule has 0 unspecified atom stereocenters. The average molecular weight is 510 g/mol. The van der Waals surface area contributed by atoms with Gasteiger partial charge in [-0.2, -0.15) is 5.10 Å². The smallest absolute Gasteiger partial charge is 0.184 e. The summed E-state index contributed by atoms with van der Waals surface area (Å²) < 4.78 is 20.0. The molecular formula is C26H31N5O4S. The van der Waals surface area contributed by atoms with Gasteiger partial charge in [-0.25, -0.2) is 4.98 Å². The summed E-state index contributed by atoms with van der Waals surface area (Å²) in [5, 5.41) is 18.9. The van der Waals surface area contributed by atoms with Crippen LogP contribution in [0, 0.1) is 0 Å². The highest BCUT2D eigenvalue weighted by atomic mass is 32.1. The van der Waals surface area contributed by atoms with Crippen LogP contribution >= 0.6 is 11.3 Å². The minimum Gasteiger partial charge on any atom is -0.457 e. The molecule has 36 heavy (non-hydrogen) atoms. The van der Waals surface area contributed by atoms with Crippen molar-refractivity contribution in [2.45, 2.75) is 58.1 Å². The predicted molar refractivity (Wildman–Crippen MR) is 139 cm³/mol. The average Bonchev–Trinajstić information content (AvgIpc) is 3.62. The van der Waals surface area contributed by atoms with Crippen LogP contribution in [0.1, 0.15) is 33.1 Å². The summed E-state index contributed by atoms with van der Waals surface area (Å²) in [6.07, 6.45) is 8.91. The molecule has 0 bridgehead atoms. The van der Waals surface area contributed by atoms with Crippen molar-refractivity contribution in [2.24, 2.45) is 0 Å². The highest BCUT2D eigenvalue weighted by Crippen LogP contribution is 2.33. The van der Waals surface area contributed by atoms with Gasteiger partial charge in [0.1, 0.15) is 11.5 Å². The van der Waals surface area contributed by atoms with Crippen molar-refractivity contribution in [3.8, 4) is 22.8 Å². The zero-order valence-electron chi connectivity index (χ0n) is 19.2. The molecule has 6 rings (SSSR count). The molecular weight excluding hydrogens is 478 g/mol. The number of nitrogens with one attached hydrogen (secondary N) is 1. The number of hydrogen-bond acceptors (Lipinski definition) is 9. The van der Waals surface area contributed by atoms with E-state index >= 15 is 0 Å². The monoisotopic (exact) mass is 509 g/mol. The molecule has 0 amide bonds. The second kappa shape index (κ2) is 10.9. The summed E-state index contributed by atoms with van der Waals surface area (Å²) in [4.78, 5) is 9.16. The maximum absolute atomic E-state index is 10.3. The van der Waals surface area contributed by atoms with Gasteiger partial charge in [0, 0.05) is 30.1 Å². The summed E-state index contributed by atoms with van der Waals surface area (Å²) in [7, 11) is 0. The van der Waals surface area contributed by atoms with Crippen molar-refractivity contribution in [3.63, 3.8) is 0 Å². The SMILES string of the molecule is C.O[C@@H]1CCCC[C@H]1Nc1nc2ccc(Oc3ccnc(-c4cnn(CC5OCCO5)c4)c3)cc2s1. The summed E-state index contributed by atoms with van der Waals surface area (Å²) in [5.74, 6) is 1.42. The van der Waals surface area contributed by atoms with Crippen LogP contribution in [0.25, 0.3) is 21.5 Å². The molecule has 2 atom stereocenters. The third-order valence-corrected chi connectivity index (χ3v) is 7.27. The topological polar surface area (TPSA) is 104 Å². The molecule has 1 aromatic carbocycles. The van der Waals surface area contributed by atoms with E-state index in [0.717, 1.165) is 58.0 Å². The maximum Gasteiger partial charge on any atom is 0.184 e. The lowest BCUT2D eigenvalue weighted by Gasteiger charge is -2.27. The van der Waals surface area contributed by atoms with Crippen molar-refractivity contribution >= 4 is 26.7 Å². The number of aliphatic hydroxyl groups excluding tert-OH is 1. The van der Waals surface area contributed by atoms with E-state index in [1.54, 1.807) is 28.4 Å². The molecule has 1 saturated heterocycles. The fraction of sp³-hybridized carbons (Fsp3) is 0.423. The Morgan fingerprint density at radius 2 is 1.94 bits per heavy atom. The first kappa shape index (κ1) is 24.6. The van der Waals surface area contributed by atoms with E-state index in [1.807, 2.05) is 36.5 Å². The molecule has 10 heteroatoms. The van der Waals surface area contributed by atoms with E-state index in [2.05, 4.69) is 20.4 Å². The van der Waals surface area contributed by atoms with E-state index in [4.69, 9.17) is 14.2 Å². The lowest BCUT2D eigenvalue weighted by Crippen LogP contribution is -2.36. The van der Waals surface area contributed by atoms with Crippen LogP contribution in [-0.2, 0) is 16.0 Å². The van der Waals surface area contributed by atoms with Crippen LogP contribution in [-0.4, -0.2) is 56.5 Å². The molecule has 1 saturated carbocycles. The number of thiazole rings is 1. The van der Waals surface area contributed by atoms with Crippen LogP contribution < -0.4 is 10.1 Å². The second-order valence-corrected chi connectivity index (χ2v) is 9.88. The Bertz CT molecular complexity index is 1300. The first-order valence-corrected chi connectivity index (χ1v) is 12.8. The van der Waals surface area contributed by atoms with Gasteiger partial charge in [-0.15, -0.1) is 0 Å². The summed E-state index contributed by atoms with van der Waals surface area (Å²) >= 11 is 1.58. The first-order chi connectivity index (χ1) is 17.2. The number of fused-ring (bicyclic) bond motifs is 1. The number of rotatable bonds is 7. The van der Waals surface area contributed by atoms with Crippen molar-refractivity contribution in [1.82, 2.24) is 19.7 Å². The third kappa shape index (κ3) is 5.52. The summed E-state index contributed by atoms with van der Waals surface area (Å²) in [5.41, 5.74) is 2.58. The second-order valence-electron chi connectivity index (χ2n) is 8.85. The van der Waals surface area contributed by atoms with Crippen LogP contribution in [0.5, 0.6) is 11.5 Å². The van der Waals surface area contributed by atoms with E-state index in [-0.39, 0.29) is 25.9 Å². The molecule has 0 radical (unpaired) electrons. The fourth-order valence-corrected chi connectivity index (χ4v) is 5.45. The zero-order chi connectivity index (χ0) is 23.6. The van der Waals surface area contributed by atoms with E-state index < -0.39 is 0 Å². The fourth-order valence-electron chi connectivity index (χ4n) is 4.50. The molecule has 2 N–H and O–H groups in total. The number of hydrogen-bond donors (Lipinski definition) is 2. The summed E-state index contributed by atoms with van der Waals surface area (Å²) in [6.45, 7) is 1.78. The predicted octanol–water partition coefficient (Wildman–Crippen LogP) is 5.07. The van der Waals surface area contributed by atoms with Gasteiger partial charge in [-0.1, -0.05) is 31.6 Å². The normalized spacial score (nSPS) is 20.4. The Morgan fingerprint density at radius 3 is 2.81 bits per heavy atom. The Labute approximate surface area is 214 Å². The van der Waals surface area contributed by atoms with Crippen LogP contribution in [0.4, 0.5) is 5.13 Å². The lowest BCUT2D eigenvalue weighted by atomic mass is 9.93. The molecule has 2 fully saturated rings. The van der Waals surface area contributed by atoms with Crippen LogP contribution in [0.15, 0.2) is 48.9 Å². The Hall–Kier alpha value is -3.05. The standard InChI is InChI=1S/C25H27N5O4S.CH4/c31-22-4-2-1-3-19(22)28-25-29-20-6-5-17(12-23(20)35-25)34-18-7-8-26-21(11-18)16-13-27-30(14-16)15-24-32-9-10-33-24;/h5-8,11-14,19,22,24,31H,1-4,9-10,15H2,(H,28,29);1H4/t19-,22-;/m1./s1. The number of nitrogens with zero attached hydrogens (tertiary/aromatic N) is 4. The number of benzene rings is 1. The van der Waals surface area contributed by atoms with Gasteiger partial charge in [-0.3, -0.25) is 9.67 Å². The molecule has 9 nitrogen and oxygen atoms in total.